The van der Waals surface area contributed by atoms with Crippen LogP contribution in [0.3, 0.4) is 0 Å². The van der Waals surface area contributed by atoms with Gasteiger partial charge in [0, 0.05) is 51.3 Å². The molecule has 10 nitrogen and oxygen atoms in total. The molecule has 11 heteroatoms. The molecular formula is C24H38N4O6S. The Morgan fingerprint density at radius 1 is 1.31 bits per heavy atom. The third-order valence-electron chi connectivity index (χ3n) is 6.19. The first-order chi connectivity index (χ1) is 16.5. The standard InChI is InChI=1S/C24H38N4O6S/c1-7-16(4)12-21(30)27(6)19(15(2)3)13-20(34-17(5)29)23-26-18(14-35-23)22(31)25-8-9-28-10-11-33-24(28)32/h14-16,19-20H,7-13H2,1-6H3,(H,25,31)/t16-,19+,20+/m0/s1. The minimum Gasteiger partial charge on any atom is -0.455 e. The van der Waals surface area contributed by atoms with Crippen LogP contribution in [-0.4, -0.2) is 78.0 Å². The summed E-state index contributed by atoms with van der Waals surface area (Å²) in [6.07, 6.45) is 0.710. The molecule has 35 heavy (non-hydrogen) atoms. The lowest BCUT2D eigenvalue weighted by molar-refractivity contribution is -0.148. The third-order valence-corrected chi connectivity index (χ3v) is 7.12. The topological polar surface area (TPSA) is 118 Å². The number of hydrogen-bond acceptors (Lipinski definition) is 8. The molecule has 1 aromatic heterocycles. The van der Waals surface area contributed by atoms with E-state index in [0.717, 1.165) is 6.42 Å². The second-order valence-corrected chi connectivity index (χ2v) is 10.2. The number of nitrogens with zero attached hydrogens (tertiary/aromatic N) is 3. The fourth-order valence-corrected chi connectivity index (χ4v) is 4.67. The molecule has 0 unspecified atom stereocenters. The first kappa shape index (κ1) is 28.5. The highest BCUT2D eigenvalue weighted by Crippen LogP contribution is 2.30. The average molecular weight is 511 g/mol. The van der Waals surface area contributed by atoms with Crippen LogP contribution in [0.2, 0.25) is 0 Å². The number of amides is 3. The van der Waals surface area contributed by atoms with E-state index in [0.29, 0.717) is 37.5 Å². The van der Waals surface area contributed by atoms with Crippen molar-refractivity contribution in [3.8, 4) is 0 Å². The maximum absolute atomic E-state index is 12.8. The van der Waals surface area contributed by atoms with Gasteiger partial charge in [0.15, 0.2) is 6.10 Å². The number of rotatable bonds is 13. The predicted octanol–water partition coefficient (Wildman–Crippen LogP) is 3.24. The first-order valence-electron chi connectivity index (χ1n) is 12.1. The summed E-state index contributed by atoms with van der Waals surface area (Å²) in [5.74, 6) is -0.356. The largest absolute Gasteiger partial charge is 0.455 e. The molecule has 3 atom stereocenters. The van der Waals surface area contributed by atoms with E-state index in [4.69, 9.17) is 9.47 Å². The van der Waals surface area contributed by atoms with Gasteiger partial charge in [-0.25, -0.2) is 9.78 Å². The van der Waals surface area contributed by atoms with Crippen molar-refractivity contribution in [1.82, 2.24) is 20.1 Å². The Morgan fingerprint density at radius 3 is 2.60 bits per heavy atom. The molecule has 3 amide bonds. The maximum Gasteiger partial charge on any atom is 0.409 e. The highest BCUT2D eigenvalue weighted by atomic mass is 32.1. The second-order valence-electron chi connectivity index (χ2n) is 9.30. The monoisotopic (exact) mass is 510 g/mol. The number of carbonyl (C=O) groups excluding carboxylic acids is 4. The molecule has 196 valence electrons. The van der Waals surface area contributed by atoms with Crippen LogP contribution in [-0.2, 0) is 19.1 Å². The van der Waals surface area contributed by atoms with E-state index in [1.54, 1.807) is 17.3 Å². The molecule has 0 radical (unpaired) electrons. The van der Waals surface area contributed by atoms with Crippen LogP contribution in [0.4, 0.5) is 4.79 Å². The van der Waals surface area contributed by atoms with Crippen molar-refractivity contribution < 1.29 is 28.7 Å². The third kappa shape index (κ3) is 8.48. The normalized spacial score (nSPS) is 16.0. The number of hydrogen-bond donors (Lipinski definition) is 1. The molecule has 1 aliphatic heterocycles. The average Bonchev–Trinajstić information content (AvgIpc) is 3.45. The molecule has 0 aliphatic carbocycles. The van der Waals surface area contributed by atoms with Crippen LogP contribution >= 0.6 is 11.3 Å². The maximum atomic E-state index is 12.8. The number of nitrogens with one attached hydrogen (secondary N) is 1. The van der Waals surface area contributed by atoms with Crippen molar-refractivity contribution in [3.05, 3.63) is 16.1 Å². The van der Waals surface area contributed by atoms with Crippen molar-refractivity contribution in [2.45, 2.75) is 66.0 Å². The predicted molar refractivity (Wildman–Crippen MR) is 132 cm³/mol. The van der Waals surface area contributed by atoms with Crippen molar-refractivity contribution >= 4 is 35.2 Å². The minimum absolute atomic E-state index is 0.0562. The number of thiazole rings is 1. The number of cyclic esters (lactones) is 1. The summed E-state index contributed by atoms with van der Waals surface area (Å²) >= 11 is 1.24. The summed E-state index contributed by atoms with van der Waals surface area (Å²) in [7, 11) is 1.79. The molecule has 0 aromatic carbocycles. The summed E-state index contributed by atoms with van der Waals surface area (Å²) in [6.45, 7) is 11.0. The quantitative estimate of drug-likeness (QED) is 0.405. The van der Waals surface area contributed by atoms with Gasteiger partial charge in [-0.3, -0.25) is 14.4 Å². The van der Waals surface area contributed by atoms with Crippen LogP contribution in [0.1, 0.15) is 75.5 Å². The molecule has 0 spiro atoms. The van der Waals surface area contributed by atoms with E-state index in [2.05, 4.69) is 24.1 Å². The van der Waals surface area contributed by atoms with Gasteiger partial charge in [-0.15, -0.1) is 11.3 Å². The van der Waals surface area contributed by atoms with Gasteiger partial charge in [0.2, 0.25) is 5.91 Å². The zero-order valence-electron chi connectivity index (χ0n) is 21.5. The molecule has 2 heterocycles. The van der Waals surface area contributed by atoms with Crippen molar-refractivity contribution in [2.75, 3.05) is 33.3 Å². The summed E-state index contributed by atoms with van der Waals surface area (Å²) < 4.78 is 10.5. The molecule has 2 rings (SSSR count). The van der Waals surface area contributed by atoms with Crippen molar-refractivity contribution in [2.24, 2.45) is 11.8 Å². The van der Waals surface area contributed by atoms with E-state index in [1.165, 1.54) is 23.2 Å². The first-order valence-corrected chi connectivity index (χ1v) is 13.0. The van der Waals surface area contributed by atoms with E-state index in [1.807, 2.05) is 13.8 Å². The van der Waals surface area contributed by atoms with Gasteiger partial charge in [0.1, 0.15) is 17.3 Å². The van der Waals surface area contributed by atoms with Gasteiger partial charge in [-0.1, -0.05) is 34.1 Å². The van der Waals surface area contributed by atoms with Gasteiger partial charge in [0.05, 0.1) is 6.54 Å². The van der Waals surface area contributed by atoms with Gasteiger partial charge in [0.25, 0.3) is 5.91 Å². The Bertz CT molecular complexity index is 889. The summed E-state index contributed by atoms with van der Waals surface area (Å²) in [5, 5.41) is 4.87. The Balaban J connectivity index is 2.07. The Labute approximate surface area is 211 Å². The van der Waals surface area contributed by atoms with Crippen LogP contribution in [0.25, 0.3) is 0 Å². The smallest absolute Gasteiger partial charge is 0.409 e. The van der Waals surface area contributed by atoms with E-state index < -0.39 is 12.1 Å². The number of carbonyl (C=O) groups is 4. The molecular weight excluding hydrogens is 472 g/mol. The SMILES string of the molecule is CC[C@H](C)CC(=O)N(C)[C@H](C[C@@H](OC(C)=O)c1nc(C(=O)NCCN2CCOC2=O)cs1)C(C)C. The molecule has 0 saturated carbocycles. The number of aromatic nitrogens is 1. The molecule has 1 saturated heterocycles. The molecule has 0 bridgehead atoms. The van der Waals surface area contributed by atoms with Gasteiger partial charge in [-0.05, 0) is 11.8 Å². The number of ether oxygens (including phenoxy) is 2. The second kappa shape index (κ2) is 13.4. The molecule has 1 N–H and O–H groups in total. The minimum atomic E-state index is -0.676. The Hall–Kier alpha value is -2.69. The van der Waals surface area contributed by atoms with Crippen molar-refractivity contribution in [1.29, 1.82) is 0 Å². The van der Waals surface area contributed by atoms with E-state index in [-0.39, 0.29) is 48.0 Å². The van der Waals surface area contributed by atoms with Crippen LogP contribution < -0.4 is 5.32 Å². The highest BCUT2D eigenvalue weighted by molar-refractivity contribution is 7.09. The summed E-state index contributed by atoms with van der Waals surface area (Å²) in [6, 6.07) is -0.169. The van der Waals surface area contributed by atoms with Crippen LogP contribution in [0, 0.1) is 11.8 Å². The van der Waals surface area contributed by atoms with Gasteiger partial charge < -0.3 is 24.6 Å². The van der Waals surface area contributed by atoms with Crippen molar-refractivity contribution in [3.63, 3.8) is 0 Å². The van der Waals surface area contributed by atoms with Crippen LogP contribution in [0.15, 0.2) is 5.38 Å². The fraction of sp³-hybridized carbons (Fsp3) is 0.708. The lowest BCUT2D eigenvalue weighted by Crippen LogP contribution is -2.42. The zero-order valence-corrected chi connectivity index (χ0v) is 22.4. The lowest BCUT2D eigenvalue weighted by atomic mass is 9.95. The number of esters is 1. The fourth-order valence-electron chi connectivity index (χ4n) is 3.83. The highest BCUT2D eigenvalue weighted by Gasteiger charge is 2.31. The summed E-state index contributed by atoms with van der Waals surface area (Å²) in [4.78, 5) is 56.4. The molecule has 1 aromatic rings. The van der Waals surface area contributed by atoms with Gasteiger partial charge in [-0.2, -0.15) is 0 Å². The Morgan fingerprint density at radius 2 is 2.03 bits per heavy atom. The summed E-state index contributed by atoms with van der Waals surface area (Å²) in [5.41, 5.74) is 0.216. The van der Waals surface area contributed by atoms with E-state index >= 15 is 0 Å². The molecule has 1 aliphatic rings. The van der Waals surface area contributed by atoms with Crippen LogP contribution in [0.5, 0.6) is 0 Å². The zero-order chi connectivity index (χ0) is 26.1. The lowest BCUT2D eigenvalue weighted by Gasteiger charge is -2.34. The van der Waals surface area contributed by atoms with E-state index in [9.17, 15) is 19.2 Å². The molecule has 1 fully saturated rings. The Kier molecular flexibility index (Phi) is 10.9. The van der Waals surface area contributed by atoms with Gasteiger partial charge >= 0.3 is 12.1 Å².